The van der Waals surface area contributed by atoms with Crippen LogP contribution >= 0.6 is 11.3 Å². The number of aliphatic hydroxyl groups excluding tert-OH is 1. The first-order valence-electron chi connectivity index (χ1n) is 5.59. The SMILES string of the molecule is COC(=O)c1[nH]ncc1NC(=O)c1cnc(C(C)O)s1. The van der Waals surface area contributed by atoms with E-state index in [1.807, 2.05) is 0 Å². The van der Waals surface area contributed by atoms with Crippen molar-refractivity contribution in [2.24, 2.45) is 0 Å². The number of esters is 1. The van der Waals surface area contributed by atoms with Crippen LogP contribution in [0.2, 0.25) is 0 Å². The number of hydrogen-bond acceptors (Lipinski definition) is 7. The first kappa shape index (κ1) is 14.2. The number of nitrogens with zero attached hydrogens (tertiary/aromatic N) is 2. The lowest BCUT2D eigenvalue weighted by atomic mass is 10.3. The fraction of sp³-hybridized carbons (Fsp3) is 0.273. The Balaban J connectivity index is 2.15. The number of aliphatic hydroxyl groups is 1. The number of methoxy groups -OCH3 is 1. The fourth-order valence-electron chi connectivity index (χ4n) is 1.41. The molecule has 3 N–H and O–H groups in total. The van der Waals surface area contributed by atoms with E-state index < -0.39 is 18.0 Å². The maximum Gasteiger partial charge on any atom is 0.358 e. The molecular weight excluding hydrogens is 284 g/mol. The monoisotopic (exact) mass is 296 g/mol. The van der Waals surface area contributed by atoms with Gasteiger partial charge in [-0.3, -0.25) is 9.89 Å². The molecule has 0 radical (unpaired) electrons. The van der Waals surface area contributed by atoms with Gasteiger partial charge >= 0.3 is 5.97 Å². The van der Waals surface area contributed by atoms with Crippen LogP contribution in [0, 0.1) is 0 Å². The van der Waals surface area contributed by atoms with Crippen LogP contribution in [0.15, 0.2) is 12.4 Å². The van der Waals surface area contributed by atoms with Crippen molar-refractivity contribution < 1.29 is 19.4 Å². The molecule has 1 unspecified atom stereocenters. The van der Waals surface area contributed by atoms with E-state index in [0.717, 1.165) is 11.3 Å². The molecule has 1 atom stereocenters. The summed E-state index contributed by atoms with van der Waals surface area (Å²) in [6.07, 6.45) is 1.93. The standard InChI is InChI=1S/C11H12N4O4S/c1-5(16)10-12-4-7(20-10)9(17)14-6-3-13-15-8(6)11(18)19-2/h3-5,16H,1-2H3,(H,13,15)(H,14,17). The molecule has 0 spiro atoms. The van der Waals surface area contributed by atoms with E-state index in [-0.39, 0.29) is 11.4 Å². The molecular formula is C11H12N4O4S. The van der Waals surface area contributed by atoms with Crippen molar-refractivity contribution in [1.82, 2.24) is 15.2 Å². The molecule has 20 heavy (non-hydrogen) atoms. The van der Waals surface area contributed by atoms with Crippen LogP contribution in [0.1, 0.15) is 38.2 Å². The lowest BCUT2D eigenvalue weighted by molar-refractivity contribution is 0.0595. The Hall–Kier alpha value is -2.26. The second-order valence-corrected chi connectivity index (χ2v) is 4.91. The van der Waals surface area contributed by atoms with Crippen LogP contribution in [0.3, 0.4) is 0 Å². The summed E-state index contributed by atoms with van der Waals surface area (Å²) in [5.74, 6) is -1.08. The van der Waals surface area contributed by atoms with Crippen molar-refractivity contribution in [2.75, 3.05) is 12.4 Å². The Kier molecular flexibility index (Phi) is 4.11. The summed E-state index contributed by atoms with van der Waals surface area (Å²) in [6, 6.07) is 0. The van der Waals surface area contributed by atoms with Gasteiger partial charge in [0.1, 0.15) is 16.0 Å². The molecule has 106 valence electrons. The summed E-state index contributed by atoms with van der Waals surface area (Å²) in [7, 11) is 1.23. The molecule has 2 aromatic heterocycles. The molecule has 2 heterocycles. The molecule has 1 amide bonds. The van der Waals surface area contributed by atoms with Crippen LogP contribution in [0.4, 0.5) is 5.69 Å². The highest BCUT2D eigenvalue weighted by molar-refractivity contribution is 7.13. The smallest absolute Gasteiger partial charge is 0.358 e. The van der Waals surface area contributed by atoms with Crippen LogP contribution in [0.25, 0.3) is 0 Å². The normalized spacial score (nSPS) is 11.9. The predicted octanol–water partition coefficient (Wildman–Crippen LogP) is 0.958. The first-order valence-corrected chi connectivity index (χ1v) is 6.41. The number of rotatable bonds is 4. The number of aromatic amines is 1. The minimum Gasteiger partial charge on any atom is -0.464 e. The molecule has 0 saturated carbocycles. The van der Waals surface area contributed by atoms with Crippen molar-refractivity contribution in [3.63, 3.8) is 0 Å². The topological polar surface area (TPSA) is 117 Å². The number of hydrogen-bond donors (Lipinski definition) is 3. The zero-order valence-electron chi connectivity index (χ0n) is 10.7. The summed E-state index contributed by atoms with van der Waals surface area (Å²) in [5, 5.41) is 18.5. The quantitative estimate of drug-likeness (QED) is 0.723. The van der Waals surface area contributed by atoms with E-state index in [1.165, 1.54) is 19.5 Å². The Morgan fingerprint density at radius 3 is 2.85 bits per heavy atom. The van der Waals surface area contributed by atoms with E-state index in [1.54, 1.807) is 6.92 Å². The van der Waals surface area contributed by atoms with E-state index in [0.29, 0.717) is 9.88 Å². The van der Waals surface area contributed by atoms with Crippen LogP contribution in [-0.4, -0.2) is 39.3 Å². The Labute approximate surface area is 117 Å². The van der Waals surface area contributed by atoms with Gasteiger partial charge in [0.05, 0.1) is 25.2 Å². The number of thiazole rings is 1. The highest BCUT2D eigenvalue weighted by Crippen LogP contribution is 2.21. The van der Waals surface area contributed by atoms with E-state index in [2.05, 4.69) is 25.2 Å². The largest absolute Gasteiger partial charge is 0.464 e. The van der Waals surface area contributed by atoms with Crippen molar-refractivity contribution in [3.8, 4) is 0 Å². The summed E-state index contributed by atoms with van der Waals surface area (Å²) < 4.78 is 4.55. The maximum atomic E-state index is 12.0. The predicted molar refractivity (Wildman–Crippen MR) is 70.6 cm³/mol. The lowest BCUT2D eigenvalue weighted by Gasteiger charge is -2.02. The number of carbonyl (C=O) groups excluding carboxylic acids is 2. The van der Waals surface area contributed by atoms with Gasteiger partial charge in [-0.15, -0.1) is 11.3 Å². The van der Waals surface area contributed by atoms with Gasteiger partial charge in [-0.25, -0.2) is 9.78 Å². The van der Waals surface area contributed by atoms with E-state index in [9.17, 15) is 14.7 Å². The molecule has 2 aromatic rings. The van der Waals surface area contributed by atoms with Crippen molar-refractivity contribution in [1.29, 1.82) is 0 Å². The summed E-state index contributed by atoms with van der Waals surface area (Å²) in [6.45, 7) is 1.56. The lowest BCUT2D eigenvalue weighted by Crippen LogP contribution is -2.13. The van der Waals surface area contributed by atoms with E-state index >= 15 is 0 Å². The van der Waals surface area contributed by atoms with Crippen LogP contribution < -0.4 is 5.32 Å². The van der Waals surface area contributed by atoms with Crippen molar-refractivity contribution >= 4 is 28.9 Å². The maximum absolute atomic E-state index is 12.0. The Morgan fingerprint density at radius 2 is 2.25 bits per heavy atom. The van der Waals surface area contributed by atoms with Gasteiger partial charge in [0.25, 0.3) is 5.91 Å². The van der Waals surface area contributed by atoms with Crippen LogP contribution in [0.5, 0.6) is 0 Å². The van der Waals surface area contributed by atoms with Gasteiger partial charge in [-0.1, -0.05) is 0 Å². The summed E-state index contributed by atoms with van der Waals surface area (Å²) in [4.78, 5) is 27.7. The van der Waals surface area contributed by atoms with E-state index in [4.69, 9.17) is 0 Å². The minimum atomic E-state index is -0.735. The highest BCUT2D eigenvalue weighted by atomic mass is 32.1. The number of aromatic nitrogens is 3. The van der Waals surface area contributed by atoms with Gasteiger partial charge in [0, 0.05) is 0 Å². The third kappa shape index (κ3) is 2.83. The summed E-state index contributed by atoms with van der Waals surface area (Å²) >= 11 is 1.07. The number of nitrogens with one attached hydrogen (secondary N) is 2. The van der Waals surface area contributed by atoms with Gasteiger partial charge in [-0.05, 0) is 6.92 Å². The van der Waals surface area contributed by atoms with Gasteiger partial charge < -0.3 is 15.2 Å². The number of ether oxygens (including phenoxy) is 1. The van der Waals surface area contributed by atoms with Crippen molar-refractivity contribution in [3.05, 3.63) is 28.0 Å². The Morgan fingerprint density at radius 1 is 1.50 bits per heavy atom. The number of H-pyrrole nitrogens is 1. The molecule has 8 nitrogen and oxygen atoms in total. The molecule has 0 aliphatic heterocycles. The average molecular weight is 296 g/mol. The summed E-state index contributed by atoms with van der Waals surface area (Å²) in [5.41, 5.74) is 0.273. The van der Waals surface area contributed by atoms with Gasteiger partial charge in [0.15, 0.2) is 5.69 Å². The molecule has 0 saturated heterocycles. The molecule has 0 aromatic carbocycles. The number of amides is 1. The fourth-order valence-corrected chi connectivity index (χ4v) is 2.16. The number of anilines is 1. The van der Waals surface area contributed by atoms with Gasteiger partial charge in [0.2, 0.25) is 0 Å². The molecule has 9 heteroatoms. The first-order chi connectivity index (χ1) is 9.52. The molecule has 0 aliphatic carbocycles. The zero-order valence-corrected chi connectivity index (χ0v) is 11.5. The molecule has 0 aliphatic rings. The zero-order chi connectivity index (χ0) is 14.7. The van der Waals surface area contributed by atoms with Crippen LogP contribution in [-0.2, 0) is 4.74 Å². The molecule has 2 rings (SSSR count). The third-order valence-electron chi connectivity index (χ3n) is 2.38. The average Bonchev–Trinajstić information content (AvgIpc) is 3.06. The molecule has 0 bridgehead atoms. The minimum absolute atomic E-state index is 0.0566. The second kappa shape index (κ2) is 5.80. The second-order valence-electron chi connectivity index (χ2n) is 3.84. The van der Waals surface area contributed by atoms with Gasteiger partial charge in [-0.2, -0.15) is 5.10 Å². The molecule has 0 fully saturated rings. The Bertz CT molecular complexity index is 634. The highest BCUT2D eigenvalue weighted by Gasteiger charge is 2.19. The van der Waals surface area contributed by atoms with Crippen molar-refractivity contribution in [2.45, 2.75) is 13.0 Å². The number of carbonyl (C=O) groups is 2. The third-order valence-corrected chi connectivity index (χ3v) is 3.55.